The molecule has 0 atom stereocenters. The molecule has 0 radical (unpaired) electrons. The fraction of sp³-hybridized carbons (Fsp3) is 0.400. The Kier molecular flexibility index (Phi) is 4.41. The van der Waals surface area contributed by atoms with Crippen LogP contribution in [-0.4, -0.2) is 26.0 Å². The predicted octanol–water partition coefficient (Wildman–Crippen LogP) is 4.00. The number of aromatic nitrogens is 3. The first kappa shape index (κ1) is 18.8. The highest BCUT2D eigenvalue weighted by molar-refractivity contribution is 6.08. The minimum atomic E-state index is -0.223. The number of nitrogens with zero attached hydrogens (tertiary/aromatic N) is 2. The highest BCUT2D eigenvalue weighted by Gasteiger charge is 2.29. The molecule has 1 aromatic carbocycles. The second kappa shape index (κ2) is 6.33. The van der Waals surface area contributed by atoms with Crippen LogP contribution in [0, 0.1) is 0 Å². The Morgan fingerprint density at radius 1 is 1.11 bits per heavy atom. The predicted molar refractivity (Wildman–Crippen MR) is 110 cm³/mol. The van der Waals surface area contributed by atoms with E-state index in [4.69, 9.17) is 10.7 Å². The number of hydrogen-bond acceptors (Lipinski definition) is 4. The van der Waals surface area contributed by atoms with Crippen molar-refractivity contribution in [3.8, 4) is 0 Å². The van der Waals surface area contributed by atoms with Gasteiger partial charge in [-0.3, -0.25) is 9.89 Å². The molecule has 144 valence electrons. The second-order valence-electron chi connectivity index (χ2n) is 8.86. The average Bonchev–Trinajstić information content (AvgIpc) is 3.08. The van der Waals surface area contributed by atoms with Gasteiger partial charge in [0.1, 0.15) is 5.56 Å². The molecule has 0 aliphatic rings. The molecule has 0 bridgehead atoms. The van der Waals surface area contributed by atoms with E-state index in [1.165, 1.54) is 0 Å². The number of carbonyl (C=O) groups excluding carboxylic acids is 1. The van der Waals surface area contributed by atoms with Crippen molar-refractivity contribution in [3.05, 3.63) is 41.7 Å². The third kappa shape index (κ3) is 3.92. The zero-order valence-corrected chi connectivity index (χ0v) is 16.8. The number of benzene rings is 1. The normalized spacial score (nSPS) is 12.4. The lowest BCUT2D eigenvalue weighted by Crippen LogP contribution is -2.29. The van der Waals surface area contributed by atoms with Gasteiger partial charge < -0.3 is 16.4 Å². The number of hydrogen-bond donors (Lipinski definition) is 4. The number of amides is 1. The fourth-order valence-corrected chi connectivity index (χ4v) is 2.85. The van der Waals surface area contributed by atoms with Crippen LogP contribution in [0.4, 0.5) is 17.2 Å². The summed E-state index contributed by atoms with van der Waals surface area (Å²) in [6, 6.07) is 7.05. The van der Waals surface area contributed by atoms with E-state index in [2.05, 4.69) is 57.3 Å². The molecular formula is C20H28N6O. The first-order valence-electron chi connectivity index (χ1n) is 9.01. The molecule has 0 saturated carbocycles. The number of H-pyrrole nitrogens is 1. The number of nitrogen functional groups attached to an aromatic ring is 1. The number of rotatable bonds is 3. The van der Waals surface area contributed by atoms with Gasteiger partial charge in [0.15, 0.2) is 11.5 Å². The van der Waals surface area contributed by atoms with E-state index >= 15 is 0 Å². The standard InChI is InChI=1S/C20H28N6O/c1-19(2,3)15-17(25-20(4,5)6)26-16(24-15)14(11-22-26)18(27)23-13-9-7-12(21)8-10-13/h7-11,22,25H,21H2,1-6H3,(H,23,27). The van der Waals surface area contributed by atoms with Crippen molar-refractivity contribution in [1.82, 2.24) is 14.6 Å². The topological polar surface area (TPSA) is 100 Å². The van der Waals surface area contributed by atoms with Crippen LogP contribution < -0.4 is 16.4 Å². The minimum Gasteiger partial charge on any atom is -0.399 e. The van der Waals surface area contributed by atoms with E-state index in [9.17, 15) is 4.79 Å². The lowest BCUT2D eigenvalue weighted by Gasteiger charge is -2.25. The number of fused-ring (bicyclic) bond motifs is 1. The summed E-state index contributed by atoms with van der Waals surface area (Å²) in [6.07, 6.45) is 1.68. The first-order valence-corrected chi connectivity index (χ1v) is 9.01. The molecule has 0 aliphatic carbocycles. The summed E-state index contributed by atoms with van der Waals surface area (Å²) in [5.41, 5.74) is 8.70. The van der Waals surface area contributed by atoms with Crippen molar-refractivity contribution in [2.75, 3.05) is 16.4 Å². The van der Waals surface area contributed by atoms with Gasteiger partial charge in [-0.05, 0) is 45.0 Å². The molecule has 0 fully saturated rings. The minimum absolute atomic E-state index is 0.145. The molecule has 7 heteroatoms. The molecule has 0 spiro atoms. The van der Waals surface area contributed by atoms with E-state index < -0.39 is 0 Å². The Balaban J connectivity index is 2.02. The smallest absolute Gasteiger partial charge is 0.261 e. The van der Waals surface area contributed by atoms with Crippen LogP contribution in [0.25, 0.3) is 5.65 Å². The number of nitrogens with one attached hydrogen (secondary N) is 3. The molecule has 0 saturated heterocycles. The van der Waals surface area contributed by atoms with E-state index in [-0.39, 0.29) is 16.9 Å². The number of carbonyl (C=O) groups is 1. The molecule has 0 unspecified atom stereocenters. The SMILES string of the molecule is CC(C)(C)Nc1c(C(C)(C)C)nc2c(C(=O)Nc3ccc(N)cc3)c[nH]n12. The summed E-state index contributed by atoms with van der Waals surface area (Å²) in [5.74, 6) is 0.648. The number of aromatic amines is 1. The highest BCUT2D eigenvalue weighted by atomic mass is 16.1. The Morgan fingerprint density at radius 3 is 2.30 bits per heavy atom. The lowest BCUT2D eigenvalue weighted by molar-refractivity contribution is 0.102. The molecule has 2 heterocycles. The van der Waals surface area contributed by atoms with Gasteiger partial charge in [-0.2, -0.15) is 0 Å². The van der Waals surface area contributed by atoms with Gasteiger partial charge >= 0.3 is 0 Å². The molecule has 2 aromatic heterocycles. The summed E-state index contributed by atoms with van der Waals surface area (Å²) in [6.45, 7) is 12.6. The summed E-state index contributed by atoms with van der Waals surface area (Å²) in [7, 11) is 0. The maximum atomic E-state index is 12.8. The van der Waals surface area contributed by atoms with Crippen molar-refractivity contribution in [3.63, 3.8) is 0 Å². The van der Waals surface area contributed by atoms with Crippen LogP contribution in [0.3, 0.4) is 0 Å². The fourth-order valence-electron chi connectivity index (χ4n) is 2.85. The summed E-state index contributed by atoms with van der Waals surface area (Å²) >= 11 is 0. The molecule has 27 heavy (non-hydrogen) atoms. The summed E-state index contributed by atoms with van der Waals surface area (Å²) in [4.78, 5) is 17.6. The van der Waals surface area contributed by atoms with Crippen LogP contribution >= 0.6 is 0 Å². The second-order valence-corrected chi connectivity index (χ2v) is 8.86. The van der Waals surface area contributed by atoms with Crippen molar-refractivity contribution >= 4 is 28.7 Å². The van der Waals surface area contributed by atoms with E-state index in [1.54, 1.807) is 30.5 Å². The lowest BCUT2D eigenvalue weighted by atomic mass is 9.91. The van der Waals surface area contributed by atoms with Crippen molar-refractivity contribution in [2.24, 2.45) is 0 Å². The Labute approximate surface area is 159 Å². The molecule has 3 rings (SSSR count). The van der Waals surface area contributed by atoms with Gasteiger partial charge in [0, 0.05) is 28.5 Å². The van der Waals surface area contributed by atoms with Crippen LogP contribution in [0.2, 0.25) is 0 Å². The Morgan fingerprint density at radius 2 is 1.74 bits per heavy atom. The van der Waals surface area contributed by atoms with Gasteiger partial charge in [0.05, 0.1) is 5.69 Å². The number of nitrogens with two attached hydrogens (primary N) is 1. The maximum absolute atomic E-state index is 12.8. The zero-order chi connectivity index (χ0) is 20.0. The van der Waals surface area contributed by atoms with Crippen molar-refractivity contribution < 1.29 is 4.79 Å². The molecule has 5 N–H and O–H groups in total. The average molecular weight is 368 g/mol. The quantitative estimate of drug-likeness (QED) is 0.525. The first-order chi connectivity index (χ1) is 12.5. The van der Waals surface area contributed by atoms with E-state index in [1.807, 2.05) is 4.52 Å². The van der Waals surface area contributed by atoms with E-state index in [0.29, 0.717) is 22.6 Å². The zero-order valence-electron chi connectivity index (χ0n) is 16.8. The van der Waals surface area contributed by atoms with Gasteiger partial charge in [0.25, 0.3) is 5.91 Å². The van der Waals surface area contributed by atoms with Gasteiger partial charge in [-0.1, -0.05) is 20.8 Å². The van der Waals surface area contributed by atoms with Crippen LogP contribution in [0.5, 0.6) is 0 Å². The third-order valence-electron chi connectivity index (χ3n) is 4.07. The van der Waals surface area contributed by atoms with Crippen molar-refractivity contribution in [2.45, 2.75) is 52.5 Å². The summed E-state index contributed by atoms with van der Waals surface area (Å²) in [5, 5.41) is 9.56. The number of imidazole rings is 1. The summed E-state index contributed by atoms with van der Waals surface area (Å²) < 4.78 is 1.84. The molecule has 7 nitrogen and oxygen atoms in total. The third-order valence-corrected chi connectivity index (χ3v) is 4.07. The maximum Gasteiger partial charge on any atom is 0.261 e. The van der Waals surface area contributed by atoms with Crippen molar-refractivity contribution in [1.29, 1.82) is 0 Å². The van der Waals surface area contributed by atoms with Gasteiger partial charge in [0.2, 0.25) is 0 Å². The largest absolute Gasteiger partial charge is 0.399 e. The number of anilines is 3. The van der Waals surface area contributed by atoms with Gasteiger partial charge in [-0.15, -0.1) is 0 Å². The monoisotopic (exact) mass is 368 g/mol. The highest BCUT2D eigenvalue weighted by Crippen LogP contribution is 2.32. The van der Waals surface area contributed by atoms with Crippen LogP contribution in [0.1, 0.15) is 57.6 Å². The Bertz CT molecular complexity index is 967. The van der Waals surface area contributed by atoms with Gasteiger partial charge in [-0.25, -0.2) is 9.50 Å². The Hall–Kier alpha value is -2.96. The molecule has 0 aliphatic heterocycles. The molecule has 3 aromatic rings. The molecule has 1 amide bonds. The molecular weight excluding hydrogens is 340 g/mol. The van der Waals surface area contributed by atoms with Crippen LogP contribution in [-0.2, 0) is 5.41 Å². The van der Waals surface area contributed by atoms with Crippen LogP contribution in [0.15, 0.2) is 30.5 Å². The van der Waals surface area contributed by atoms with E-state index in [0.717, 1.165) is 11.5 Å².